The Kier molecular flexibility index (Phi) is 9.06. The minimum atomic E-state index is -0.257. The molecular weight excluding hydrogens is 399 g/mol. The molecule has 5 nitrogen and oxygen atoms in total. The standard InChI is InChI=1S/C21H30Cl2N2O3/c1-3-25(4-2)20(27)7-5-6-19(26)24-15-21(10-12-28-13-11-21)17-9-8-16(22)14-18(17)23/h8-9,14H,3-7,10-13,15H2,1-2H3,(H,24,26). The third kappa shape index (κ3) is 6.10. The second-order valence-electron chi connectivity index (χ2n) is 7.21. The third-order valence-corrected chi connectivity index (χ3v) is 6.03. The van der Waals surface area contributed by atoms with Crippen LogP contribution in [0.2, 0.25) is 10.0 Å². The Morgan fingerprint density at radius 2 is 1.82 bits per heavy atom. The summed E-state index contributed by atoms with van der Waals surface area (Å²) in [4.78, 5) is 26.2. The second-order valence-corrected chi connectivity index (χ2v) is 8.06. The van der Waals surface area contributed by atoms with Crippen molar-refractivity contribution in [2.45, 2.75) is 51.4 Å². The highest BCUT2D eigenvalue weighted by molar-refractivity contribution is 6.35. The summed E-state index contributed by atoms with van der Waals surface area (Å²) >= 11 is 12.5. The van der Waals surface area contributed by atoms with E-state index in [1.54, 1.807) is 11.0 Å². The molecule has 2 rings (SSSR count). The summed E-state index contributed by atoms with van der Waals surface area (Å²) in [6.45, 7) is 7.09. The van der Waals surface area contributed by atoms with Gasteiger partial charge in [-0.05, 0) is 50.8 Å². The van der Waals surface area contributed by atoms with Crippen LogP contribution in [0.4, 0.5) is 0 Å². The van der Waals surface area contributed by atoms with Gasteiger partial charge in [0.2, 0.25) is 11.8 Å². The van der Waals surface area contributed by atoms with Gasteiger partial charge in [0, 0.05) is 61.1 Å². The van der Waals surface area contributed by atoms with Gasteiger partial charge in [-0.25, -0.2) is 0 Å². The van der Waals surface area contributed by atoms with Crippen LogP contribution < -0.4 is 5.32 Å². The monoisotopic (exact) mass is 428 g/mol. The predicted molar refractivity (Wildman–Crippen MR) is 113 cm³/mol. The van der Waals surface area contributed by atoms with E-state index in [9.17, 15) is 9.59 Å². The maximum absolute atomic E-state index is 12.4. The number of carbonyl (C=O) groups is 2. The highest BCUT2D eigenvalue weighted by atomic mass is 35.5. The van der Waals surface area contributed by atoms with Crippen molar-refractivity contribution in [3.8, 4) is 0 Å². The first-order chi connectivity index (χ1) is 13.4. The first kappa shape index (κ1) is 23.0. The first-order valence-corrected chi connectivity index (χ1v) is 10.7. The maximum Gasteiger partial charge on any atom is 0.222 e. The van der Waals surface area contributed by atoms with Gasteiger partial charge in [0.05, 0.1) is 0 Å². The summed E-state index contributed by atoms with van der Waals surface area (Å²) < 4.78 is 5.53. The molecule has 1 aliphatic rings. The quantitative estimate of drug-likeness (QED) is 0.640. The molecule has 156 valence electrons. The lowest BCUT2D eigenvalue weighted by atomic mass is 9.74. The smallest absolute Gasteiger partial charge is 0.222 e. The van der Waals surface area contributed by atoms with E-state index in [1.165, 1.54) is 0 Å². The molecule has 7 heteroatoms. The molecule has 0 spiro atoms. The number of ether oxygens (including phenoxy) is 1. The zero-order valence-corrected chi connectivity index (χ0v) is 18.2. The molecule has 1 aromatic rings. The van der Waals surface area contributed by atoms with Crippen molar-refractivity contribution >= 4 is 35.0 Å². The Morgan fingerprint density at radius 3 is 2.43 bits per heavy atom. The molecule has 1 aliphatic heterocycles. The highest BCUT2D eigenvalue weighted by Gasteiger charge is 2.36. The minimum Gasteiger partial charge on any atom is -0.381 e. The molecule has 0 aromatic heterocycles. The van der Waals surface area contributed by atoms with Crippen LogP contribution in [0.5, 0.6) is 0 Å². The van der Waals surface area contributed by atoms with Crippen molar-refractivity contribution in [1.29, 1.82) is 0 Å². The number of nitrogens with zero attached hydrogens (tertiary/aromatic N) is 1. The lowest BCUT2D eigenvalue weighted by Crippen LogP contribution is -2.44. The fourth-order valence-electron chi connectivity index (χ4n) is 3.71. The molecule has 28 heavy (non-hydrogen) atoms. The topological polar surface area (TPSA) is 58.6 Å². The van der Waals surface area contributed by atoms with Crippen LogP contribution in [0.1, 0.15) is 51.5 Å². The van der Waals surface area contributed by atoms with E-state index in [0.29, 0.717) is 62.2 Å². The summed E-state index contributed by atoms with van der Waals surface area (Å²) in [5.74, 6) is 0.0648. The zero-order chi connectivity index (χ0) is 20.6. The molecule has 0 bridgehead atoms. The SMILES string of the molecule is CCN(CC)C(=O)CCCC(=O)NCC1(c2ccc(Cl)cc2Cl)CCOCC1. The average molecular weight is 429 g/mol. The number of carbonyl (C=O) groups excluding carboxylic acids is 2. The van der Waals surface area contributed by atoms with Crippen molar-refractivity contribution in [1.82, 2.24) is 10.2 Å². The van der Waals surface area contributed by atoms with Gasteiger partial charge in [-0.1, -0.05) is 29.3 Å². The molecule has 0 radical (unpaired) electrons. The molecule has 0 aliphatic carbocycles. The Hall–Kier alpha value is -1.30. The van der Waals surface area contributed by atoms with Crippen LogP contribution in [0.3, 0.4) is 0 Å². The number of hydrogen-bond donors (Lipinski definition) is 1. The summed E-state index contributed by atoms with van der Waals surface area (Å²) in [5.41, 5.74) is 0.742. The normalized spacial score (nSPS) is 15.9. The van der Waals surface area contributed by atoms with Crippen LogP contribution in [-0.4, -0.2) is 49.6 Å². The fraction of sp³-hybridized carbons (Fsp3) is 0.619. The molecule has 1 aromatic carbocycles. The van der Waals surface area contributed by atoms with Crippen molar-refractivity contribution in [2.24, 2.45) is 0 Å². The average Bonchev–Trinajstić information content (AvgIpc) is 2.68. The van der Waals surface area contributed by atoms with Crippen LogP contribution in [-0.2, 0) is 19.7 Å². The van der Waals surface area contributed by atoms with Crippen molar-refractivity contribution < 1.29 is 14.3 Å². The van der Waals surface area contributed by atoms with Crippen molar-refractivity contribution in [3.63, 3.8) is 0 Å². The summed E-state index contributed by atoms with van der Waals surface area (Å²) in [7, 11) is 0. The molecule has 2 amide bonds. The predicted octanol–water partition coefficient (Wildman–Crippen LogP) is 4.20. The molecule has 1 fully saturated rings. The van der Waals surface area contributed by atoms with Gasteiger partial charge in [0.25, 0.3) is 0 Å². The summed E-state index contributed by atoms with van der Waals surface area (Å²) in [6.07, 6.45) is 2.87. The lowest BCUT2D eigenvalue weighted by Gasteiger charge is -2.38. The summed E-state index contributed by atoms with van der Waals surface area (Å²) in [6, 6.07) is 5.53. The number of rotatable bonds is 9. The van der Waals surface area contributed by atoms with E-state index < -0.39 is 0 Å². The van der Waals surface area contributed by atoms with E-state index in [-0.39, 0.29) is 17.2 Å². The maximum atomic E-state index is 12.4. The van der Waals surface area contributed by atoms with Gasteiger partial charge in [-0.15, -0.1) is 0 Å². The van der Waals surface area contributed by atoms with Gasteiger partial charge in [0.15, 0.2) is 0 Å². The molecule has 1 heterocycles. The zero-order valence-electron chi connectivity index (χ0n) is 16.7. The Morgan fingerprint density at radius 1 is 1.14 bits per heavy atom. The lowest BCUT2D eigenvalue weighted by molar-refractivity contribution is -0.131. The highest BCUT2D eigenvalue weighted by Crippen LogP contribution is 2.39. The molecule has 0 unspecified atom stereocenters. The van der Waals surface area contributed by atoms with E-state index in [0.717, 1.165) is 18.4 Å². The summed E-state index contributed by atoms with van der Waals surface area (Å²) in [5, 5.41) is 4.27. The fourth-order valence-corrected chi connectivity index (χ4v) is 4.32. The second kappa shape index (κ2) is 11.0. The van der Waals surface area contributed by atoms with E-state index in [2.05, 4.69) is 5.32 Å². The van der Waals surface area contributed by atoms with Crippen molar-refractivity contribution in [2.75, 3.05) is 32.8 Å². The van der Waals surface area contributed by atoms with E-state index in [1.807, 2.05) is 26.0 Å². The Bertz CT molecular complexity index is 672. The first-order valence-electron chi connectivity index (χ1n) is 9.99. The van der Waals surface area contributed by atoms with Gasteiger partial charge >= 0.3 is 0 Å². The minimum absolute atomic E-state index is 0.0386. The number of hydrogen-bond acceptors (Lipinski definition) is 3. The van der Waals surface area contributed by atoms with Crippen molar-refractivity contribution in [3.05, 3.63) is 33.8 Å². The van der Waals surface area contributed by atoms with Crippen LogP contribution >= 0.6 is 23.2 Å². The van der Waals surface area contributed by atoms with Gasteiger partial charge in [-0.3, -0.25) is 9.59 Å². The van der Waals surface area contributed by atoms with Crippen LogP contribution in [0.15, 0.2) is 18.2 Å². The van der Waals surface area contributed by atoms with E-state index >= 15 is 0 Å². The van der Waals surface area contributed by atoms with E-state index in [4.69, 9.17) is 27.9 Å². The number of benzene rings is 1. The molecular formula is C21H30Cl2N2O3. The van der Waals surface area contributed by atoms with Crippen LogP contribution in [0, 0.1) is 0 Å². The molecule has 0 atom stereocenters. The molecule has 1 N–H and O–H groups in total. The van der Waals surface area contributed by atoms with Gasteiger partial charge in [0.1, 0.15) is 0 Å². The number of nitrogens with one attached hydrogen (secondary N) is 1. The van der Waals surface area contributed by atoms with Gasteiger partial charge < -0.3 is 15.0 Å². The molecule has 1 saturated heterocycles. The van der Waals surface area contributed by atoms with Gasteiger partial charge in [-0.2, -0.15) is 0 Å². The Labute approximate surface area is 177 Å². The Balaban J connectivity index is 1.93. The van der Waals surface area contributed by atoms with Crippen LogP contribution in [0.25, 0.3) is 0 Å². The number of amides is 2. The molecule has 0 saturated carbocycles. The third-order valence-electron chi connectivity index (χ3n) is 5.49. The number of halogens is 2. The largest absolute Gasteiger partial charge is 0.381 e.